The summed E-state index contributed by atoms with van der Waals surface area (Å²) in [5.41, 5.74) is 2.25. The molecule has 0 aliphatic heterocycles. The largest absolute Gasteiger partial charge is 0.311 e. The smallest absolute Gasteiger partial charge is 0.0739 e. The molecule has 1 aromatic heterocycles. The summed E-state index contributed by atoms with van der Waals surface area (Å²) in [5.74, 6) is 0. The first-order valence-corrected chi connectivity index (χ1v) is 5.96. The van der Waals surface area contributed by atoms with Crippen molar-refractivity contribution in [1.82, 2.24) is 15.1 Å². The number of hydrogen-bond acceptors (Lipinski definition) is 2. The fourth-order valence-corrected chi connectivity index (χ4v) is 1.91. The van der Waals surface area contributed by atoms with Crippen molar-refractivity contribution in [3.05, 3.63) is 28.0 Å². The number of nitrogens with zero attached hydrogens (tertiary/aromatic N) is 2. The van der Waals surface area contributed by atoms with E-state index in [4.69, 9.17) is 0 Å². The lowest BCUT2D eigenvalue weighted by molar-refractivity contribution is 0.626. The topological polar surface area (TPSA) is 29.9 Å². The van der Waals surface area contributed by atoms with E-state index < -0.39 is 0 Å². The number of halogens is 1. The minimum atomic E-state index is 0.857. The highest BCUT2D eigenvalue weighted by Gasteiger charge is 2.08. The van der Waals surface area contributed by atoms with Crippen LogP contribution in [-0.4, -0.2) is 16.3 Å². The zero-order chi connectivity index (χ0) is 11.3. The highest BCUT2D eigenvalue weighted by molar-refractivity contribution is 9.10. The lowest BCUT2D eigenvalue weighted by Crippen LogP contribution is -2.16. The van der Waals surface area contributed by atoms with Gasteiger partial charge in [-0.3, -0.25) is 4.68 Å². The summed E-state index contributed by atoms with van der Waals surface area (Å²) in [6.45, 7) is 5.91. The predicted octanol–water partition coefficient (Wildman–Crippen LogP) is 2.55. The second-order valence-corrected chi connectivity index (χ2v) is 4.30. The van der Waals surface area contributed by atoms with Gasteiger partial charge in [-0.1, -0.05) is 12.2 Å². The molecule has 1 rings (SSSR count). The maximum Gasteiger partial charge on any atom is 0.0739 e. The molecule has 0 saturated carbocycles. The Morgan fingerprint density at radius 2 is 2.27 bits per heavy atom. The van der Waals surface area contributed by atoms with E-state index in [-0.39, 0.29) is 0 Å². The number of rotatable bonds is 5. The summed E-state index contributed by atoms with van der Waals surface area (Å²) >= 11 is 3.55. The fraction of sp³-hybridized carbons (Fsp3) is 0.545. The van der Waals surface area contributed by atoms with Crippen molar-refractivity contribution >= 4 is 15.9 Å². The highest BCUT2D eigenvalue weighted by atomic mass is 79.9. The van der Waals surface area contributed by atoms with Crippen LogP contribution in [0.15, 0.2) is 16.6 Å². The Bertz CT molecular complexity index is 342. The molecule has 0 aromatic carbocycles. The van der Waals surface area contributed by atoms with Crippen LogP contribution in [0.1, 0.15) is 24.7 Å². The van der Waals surface area contributed by atoms with Crippen molar-refractivity contribution in [2.75, 3.05) is 6.54 Å². The molecule has 0 unspecified atom stereocenters. The molecule has 0 radical (unpaired) electrons. The van der Waals surface area contributed by atoms with Gasteiger partial charge in [0.25, 0.3) is 0 Å². The Kier molecular flexibility index (Phi) is 5.05. The third-order valence-electron chi connectivity index (χ3n) is 2.28. The van der Waals surface area contributed by atoms with Crippen molar-refractivity contribution in [2.24, 2.45) is 7.05 Å². The standard InChI is InChI=1S/C11H18BrN3/c1-4-5-6-7-13-8-10-11(12)9(2)14-15(10)3/h4-5,13H,6-8H2,1-3H3/b5-4+. The van der Waals surface area contributed by atoms with Crippen molar-refractivity contribution in [1.29, 1.82) is 0 Å². The third-order valence-corrected chi connectivity index (χ3v) is 3.31. The van der Waals surface area contributed by atoms with Crippen LogP contribution in [0, 0.1) is 6.92 Å². The van der Waals surface area contributed by atoms with E-state index in [9.17, 15) is 0 Å². The van der Waals surface area contributed by atoms with Gasteiger partial charge in [-0.25, -0.2) is 0 Å². The zero-order valence-electron chi connectivity index (χ0n) is 9.55. The third kappa shape index (κ3) is 3.47. The quantitative estimate of drug-likeness (QED) is 0.659. The molecule has 0 amide bonds. The molecule has 0 aliphatic rings. The fourth-order valence-electron chi connectivity index (χ4n) is 1.43. The molecule has 1 heterocycles. The van der Waals surface area contributed by atoms with Gasteiger partial charge in [-0.2, -0.15) is 5.10 Å². The molecule has 0 spiro atoms. The highest BCUT2D eigenvalue weighted by Crippen LogP contribution is 2.19. The molecule has 1 N–H and O–H groups in total. The second-order valence-electron chi connectivity index (χ2n) is 3.50. The average molecular weight is 272 g/mol. The normalized spacial score (nSPS) is 11.5. The lowest BCUT2D eigenvalue weighted by Gasteiger charge is -2.04. The van der Waals surface area contributed by atoms with Crippen LogP contribution in [0.2, 0.25) is 0 Å². The minimum absolute atomic E-state index is 0.857. The maximum absolute atomic E-state index is 4.34. The van der Waals surface area contributed by atoms with E-state index in [1.165, 1.54) is 5.69 Å². The molecular weight excluding hydrogens is 254 g/mol. The first-order valence-electron chi connectivity index (χ1n) is 5.16. The van der Waals surface area contributed by atoms with Crippen LogP contribution in [0.3, 0.4) is 0 Å². The van der Waals surface area contributed by atoms with Gasteiger partial charge in [0.05, 0.1) is 15.9 Å². The van der Waals surface area contributed by atoms with E-state index in [0.717, 1.165) is 29.7 Å². The van der Waals surface area contributed by atoms with Crippen molar-refractivity contribution in [2.45, 2.75) is 26.8 Å². The van der Waals surface area contributed by atoms with Crippen LogP contribution in [0.25, 0.3) is 0 Å². The van der Waals surface area contributed by atoms with Gasteiger partial charge in [0.15, 0.2) is 0 Å². The SMILES string of the molecule is C/C=C/CCNCc1c(Br)c(C)nn1C. The lowest BCUT2D eigenvalue weighted by atomic mass is 10.3. The molecule has 15 heavy (non-hydrogen) atoms. The second kappa shape index (κ2) is 6.08. The summed E-state index contributed by atoms with van der Waals surface area (Å²) < 4.78 is 3.03. The van der Waals surface area contributed by atoms with Gasteiger partial charge in [0, 0.05) is 13.6 Å². The summed E-state index contributed by atoms with van der Waals surface area (Å²) in [6.07, 6.45) is 5.31. The summed E-state index contributed by atoms with van der Waals surface area (Å²) in [6, 6.07) is 0. The van der Waals surface area contributed by atoms with Crippen molar-refractivity contribution < 1.29 is 0 Å². The van der Waals surface area contributed by atoms with Gasteiger partial charge >= 0.3 is 0 Å². The molecular formula is C11H18BrN3. The van der Waals surface area contributed by atoms with Gasteiger partial charge in [0.2, 0.25) is 0 Å². The van der Waals surface area contributed by atoms with Crippen LogP contribution in [-0.2, 0) is 13.6 Å². The Balaban J connectivity index is 2.43. The maximum atomic E-state index is 4.34. The molecule has 3 nitrogen and oxygen atoms in total. The van der Waals surface area contributed by atoms with Gasteiger partial charge < -0.3 is 5.32 Å². The first kappa shape index (κ1) is 12.5. The van der Waals surface area contributed by atoms with Crippen LogP contribution >= 0.6 is 15.9 Å². The van der Waals surface area contributed by atoms with Gasteiger partial charge in [0.1, 0.15) is 0 Å². The monoisotopic (exact) mass is 271 g/mol. The van der Waals surface area contributed by atoms with E-state index in [1.807, 2.05) is 25.6 Å². The number of nitrogens with one attached hydrogen (secondary N) is 1. The van der Waals surface area contributed by atoms with Crippen molar-refractivity contribution in [3.63, 3.8) is 0 Å². The molecule has 0 atom stereocenters. The van der Waals surface area contributed by atoms with E-state index >= 15 is 0 Å². The zero-order valence-corrected chi connectivity index (χ0v) is 11.1. The summed E-state index contributed by atoms with van der Waals surface area (Å²) in [7, 11) is 1.97. The molecule has 0 saturated heterocycles. The molecule has 0 aliphatic carbocycles. The Morgan fingerprint density at radius 3 is 2.80 bits per heavy atom. The molecule has 1 aromatic rings. The van der Waals surface area contributed by atoms with Crippen LogP contribution in [0.5, 0.6) is 0 Å². The van der Waals surface area contributed by atoms with E-state index in [0.29, 0.717) is 0 Å². The molecule has 4 heteroatoms. The van der Waals surface area contributed by atoms with Crippen molar-refractivity contribution in [3.8, 4) is 0 Å². The van der Waals surface area contributed by atoms with Crippen LogP contribution in [0.4, 0.5) is 0 Å². The molecule has 0 bridgehead atoms. The minimum Gasteiger partial charge on any atom is -0.311 e. The summed E-state index contributed by atoms with van der Waals surface area (Å²) in [4.78, 5) is 0. The number of aryl methyl sites for hydroxylation is 2. The van der Waals surface area contributed by atoms with Gasteiger partial charge in [-0.15, -0.1) is 0 Å². The summed E-state index contributed by atoms with van der Waals surface area (Å²) in [5, 5.41) is 7.73. The predicted molar refractivity (Wildman–Crippen MR) is 66.8 cm³/mol. The Labute approximate surface area is 99.7 Å². The number of allylic oxidation sites excluding steroid dienone is 1. The number of aromatic nitrogens is 2. The first-order chi connectivity index (χ1) is 7.16. The molecule has 0 fully saturated rings. The van der Waals surface area contributed by atoms with E-state index in [1.54, 1.807) is 0 Å². The Morgan fingerprint density at radius 1 is 1.53 bits per heavy atom. The molecule has 84 valence electrons. The van der Waals surface area contributed by atoms with Crippen LogP contribution < -0.4 is 5.32 Å². The average Bonchev–Trinajstić information content (AvgIpc) is 2.44. The number of hydrogen-bond donors (Lipinski definition) is 1. The van der Waals surface area contributed by atoms with Gasteiger partial charge in [-0.05, 0) is 42.7 Å². The van der Waals surface area contributed by atoms with E-state index in [2.05, 4.69) is 38.5 Å². The Hall–Kier alpha value is -0.610.